The van der Waals surface area contributed by atoms with E-state index < -0.39 is 0 Å². The summed E-state index contributed by atoms with van der Waals surface area (Å²) in [5.74, 6) is 1.72. The Balaban J connectivity index is 1.81. The SMILES string of the molecule is Cc1nc2c3ccccc3nc(N[C@H]3CCCC[C@@H]3CO)n2n1. The molecule has 2 atom stereocenters. The molecule has 120 valence electrons. The van der Waals surface area contributed by atoms with Crippen LogP contribution < -0.4 is 5.32 Å². The third kappa shape index (κ3) is 2.53. The summed E-state index contributed by atoms with van der Waals surface area (Å²) >= 11 is 0. The van der Waals surface area contributed by atoms with E-state index in [-0.39, 0.29) is 18.6 Å². The van der Waals surface area contributed by atoms with Gasteiger partial charge in [-0.25, -0.2) is 9.97 Å². The lowest BCUT2D eigenvalue weighted by molar-refractivity contribution is 0.177. The van der Waals surface area contributed by atoms with Gasteiger partial charge in [0.15, 0.2) is 5.65 Å². The lowest BCUT2D eigenvalue weighted by atomic mass is 9.85. The smallest absolute Gasteiger partial charge is 0.226 e. The van der Waals surface area contributed by atoms with E-state index in [1.54, 1.807) is 4.52 Å². The maximum Gasteiger partial charge on any atom is 0.226 e. The Kier molecular flexibility index (Phi) is 3.61. The van der Waals surface area contributed by atoms with Crippen molar-refractivity contribution >= 4 is 22.5 Å². The summed E-state index contributed by atoms with van der Waals surface area (Å²) < 4.78 is 1.79. The molecule has 2 N–H and O–H groups in total. The normalized spacial score (nSPS) is 21.8. The number of aryl methyl sites for hydroxylation is 1. The Bertz CT molecular complexity index is 843. The predicted molar refractivity (Wildman–Crippen MR) is 89.5 cm³/mol. The average molecular weight is 311 g/mol. The minimum atomic E-state index is 0.213. The third-order valence-electron chi connectivity index (χ3n) is 4.74. The molecule has 1 aliphatic carbocycles. The fourth-order valence-electron chi connectivity index (χ4n) is 3.53. The van der Waals surface area contributed by atoms with E-state index in [2.05, 4.69) is 15.4 Å². The van der Waals surface area contributed by atoms with E-state index in [9.17, 15) is 5.11 Å². The van der Waals surface area contributed by atoms with Crippen LogP contribution in [0.4, 0.5) is 5.95 Å². The van der Waals surface area contributed by atoms with Crippen LogP contribution in [0.3, 0.4) is 0 Å². The van der Waals surface area contributed by atoms with Gasteiger partial charge in [0.1, 0.15) is 5.82 Å². The Morgan fingerprint density at radius 2 is 2.04 bits per heavy atom. The number of aliphatic hydroxyl groups excluding tert-OH is 1. The molecule has 23 heavy (non-hydrogen) atoms. The first-order valence-corrected chi connectivity index (χ1v) is 8.26. The summed E-state index contributed by atoms with van der Waals surface area (Å²) in [7, 11) is 0. The van der Waals surface area contributed by atoms with Gasteiger partial charge in [-0.1, -0.05) is 25.0 Å². The first-order valence-electron chi connectivity index (χ1n) is 8.26. The molecule has 1 aliphatic rings. The largest absolute Gasteiger partial charge is 0.396 e. The van der Waals surface area contributed by atoms with Crippen LogP contribution >= 0.6 is 0 Å². The van der Waals surface area contributed by atoms with E-state index in [4.69, 9.17) is 4.98 Å². The van der Waals surface area contributed by atoms with Gasteiger partial charge in [0.25, 0.3) is 0 Å². The Morgan fingerprint density at radius 1 is 1.22 bits per heavy atom. The van der Waals surface area contributed by atoms with Crippen molar-refractivity contribution in [3.8, 4) is 0 Å². The molecule has 6 nitrogen and oxygen atoms in total. The minimum Gasteiger partial charge on any atom is -0.396 e. The number of aromatic nitrogens is 4. The number of hydrogen-bond donors (Lipinski definition) is 2. The van der Waals surface area contributed by atoms with Gasteiger partial charge in [-0.05, 0) is 31.9 Å². The van der Waals surface area contributed by atoms with E-state index in [0.717, 1.165) is 35.2 Å². The molecule has 0 unspecified atom stereocenters. The molecule has 0 amide bonds. The lowest BCUT2D eigenvalue weighted by Gasteiger charge is -2.31. The second-order valence-corrected chi connectivity index (χ2v) is 6.32. The van der Waals surface area contributed by atoms with Gasteiger partial charge in [-0.15, -0.1) is 5.10 Å². The number of rotatable bonds is 3. The van der Waals surface area contributed by atoms with Crippen molar-refractivity contribution in [1.29, 1.82) is 0 Å². The zero-order chi connectivity index (χ0) is 15.8. The molecular formula is C17H21N5O. The fraction of sp³-hybridized carbons (Fsp3) is 0.471. The highest BCUT2D eigenvalue weighted by Gasteiger charge is 2.26. The van der Waals surface area contributed by atoms with Gasteiger partial charge in [-0.2, -0.15) is 4.52 Å². The molecule has 1 aromatic carbocycles. The predicted octanol–water partition coefficient (Wildman–Crippen LogP) is 2.55. The number of nitrogens with zero attached hydrogens (tertiary/aromatic N) is 4. The highest BCUT2D eigenvalue weighted by molar-refractivity contribution is 5.92. The van der Waals surface area contributed by atoms with E-state index in [1.807, 2.05) is 31.2 Å². The molecule has 1 fully saturated rings. The quantitative estimate of drug-likeness (QED) is 0.777. The van der Waals surface area contributed by atoms with E-state index in [1.165, 1.54) is 12.8 Å². The second-order valence-electron chi connectivity index (χ2n) is 6.32. The number of hydrogen-bond acceptors (Lipinski definition) is 5. The third-order valence-corrected chi connectivity index (χ3v) is 4.74. The van der Waals surface area contributed by atoms with Gasteiger partial charge in [-0.3, -0.25) is 0 Å². The number of para-hydroxylation sites is 1. The van der Waals surface area contributed by atoms with Crippen LogP contribution in [0.2, 0.25) is 0 Å². The number of aliphatic hydroxyl groups is 1. The van der Waals surface area contributed by atoms with Crippen LogP contribution in [0.15, 0.2) is 24.3 Å². The van der Waals surface area contributed by atoms with E-state index >= 15 is 0 Å². The zero-order valence-electron chi connectivity index (χ0n) is 13.2. The highest BCUT2D eigenvalue weighted by atomic mass is 16.3. The summed E-state index contributed by atoms with van der Waals surface area (Å²) in [6.07, 6.45) is 4.48. The number of anilines is 1. The van der Waals surface area contributed by atoms with Crippen molar-refractivity contribution in [3.05, 3.63) is 30.1 Å². The molecule has 0 spiro atoms. The summed E-state index contributed by atoms with van der Waals surface area (Å²) in [5.41, 5.74) is 1.73. The molecule has 0 saturated heterocycles. The Labute approximate surface area is 134 Å². The van der Waals surface area contributed by atoms with Gasteiger partial charge < -0.3 is 10.4 Å². The summed E-state index contributed by atoms with van der Waals surface area (Å²) in [5, 5.41) is 18.7. The van der Waals surface area contributed by atoms with Gasteiger partial charge in [0.05, 0.1) is 5.52 Å². The molecule has 2 heterocycles. The molecule has 1 saturated carbocycles. The summed E-state index contributed by atoms with van der Waals surface area (Å²) in [4.78, 5) is 9.30. The Hall–Kier alpha value is -2.21. The van der Waals surface area contributed by atoms with Gasteiger partial charge >= 0.3 is 0 Å². The standard InChI is InChI=1S/C17H21N5O/c1-11-18-16-13-7-3-5-9-15(13)20-17(22(16)21-11)19-14-8-4-2-6-12(14)10-23/h3,5,7,9,12,14,23H,2,4,6,8,10H2,1H3,(H,19,20)/t12-,14+/m1/s1. The Morgan fingerprint density at radius 3 is 2.91 bits per heavy atom. The van der Waals surface area contributed by atoms with Crippen molar-refractivity contribution in [2.45, 2.75) is 38.6 Å². The average Bonchev–Trinajstić information content (AvgIpc) is 2.97. The molecule has 0 bridgehead atoms. The summed E-state index contributed by atoms with van der Waals surface area (Å²) in [6.45, 7) is 2.10. The molecule has 6 heteroatoms. The topological polar surface area (TPSA) is 75.3 Å². The first kappa shape index (κ1) is 14.4. The summed E-state index contributed by atoms with van der Waals surface area (Å²) in [6, 6.07) is 8.22. The van der Waals surface area contributed by atoms with E-state index in [0.29, 0.717) is 5.95 Å². The van der Waals surface area contributed by atoms with Crippen LogP contribution in [-0.4, -0.2) is 37.3 Å². The van der Waals surface area contributed by atoms with Gasteiger partial charge in [0.2, 0.25) is 5.95 Å². The van der Waals surface area contributed by atoms with Crippen molar-refractivity contribution in [2.75, 3.05) is 11.9 Å². The maximum absolute atomic E-state index is 9.63. The van der Waals surface area contributed by atoms with Crippen LogP contribution in [0.25, 0.3) is 16.6 Å². The van der Waals surface area contributed by atoms with Crippen LogP contribution in [0.5, 0.6) is 0 Å². The van der Waals surface area contributed by atoms with Crippen LogP contribution in [0, 0.1) is 12.8 Å². The fourth-order valence-corrected chi connectivity index (χ4v) is 3.53. The van der Waals surface area contributed by atoms with Crippen molar-refractivity contribution in [2.24, 2.45) is 5.92 Å². The molecule has 0 aliphatic heterocycles. The highest BCUT2D eigenvalue weighted by Crippen LogP contribution is 2.28. The number of nitrogens with one attached hydrogen (secondary N) is 1. The molecule has 4 rings (SSSR count). The van der Waals surface area contributed by atoms with Crippen LogP contribution in [-0.2, 0) is 0 Å². The minimum absolute atomic E-state index is 0.213. The molecular weight excluding hydrogens is 290 g/mol. The van der Waals surface area contributed by atoms with Crippen molar-refractivity contribution < 1.29 is 5.11 Å². The molecule has 2 aromatic heterocycles. The monoisotopic (exact) mass is 311 g/mol. The van der Waals surface area contributed by atoms with Crippen molar-refractivity contribution in [1.82, 2.24) is 19.6 Å². The van der Waals surface area contributed by atoms with Gasteiger partial charge in [0, 0.05) is 24.0 Å². The number of benzene rings is 1. The maximum atomic E-state index is 9.63. The number of fused-ring (bicyclic) bond motifs is 3. The molecule has 3 aromatic rings. The zero-order valence-corrected chi connectivity index (χ0v) is 13.2. The molecule has 0 radical (unpaired) electrons. The first-order chi connectivity index (χ1) is 11.3. The van der Waals surface area contributed by atoms with Crippen LogP contribution in [0.1, 0.15) is 31.5 Å². The van der Waals surface area contributed by atoms with Crippen molar-refractivity contribution in [3.63, 3.8) is 0 Å². The lowest BCUT2D eigenvalue weighted by Crippen LogP contribution is -2.35. The second kappa shape index (κ2) is 5.77.